The summed E-state index contributed by atoms with van der Waals surface area (Å²) in [5.74, 6) is 0. The third-order valence-corrected chi connectivity index (χ3v) is 9.65. The zero-order valence-electron chi connectivity index (χ0n) is 20.8. The molecule has 1 unspecified atom stereocenters. The van der Waals surface area contributed by atoms with Gasteiger partial charge in [-0.15, -0.1) is 0 Å². The minimum Gasteiger partial charge on any atom is -0.302 e. The molecule has 0 aliphatic carbocycles. The standard InChI is InChI=1S/C31H29O3P/c1-20-13-12-18-27(25-14-8-6-9-15-25)29(20)35(34,30(32)26-16-10-7-11-17-26)31(33)28-22(3)19-21(2)23(4)24(28)5/h6-19H,1-5H3. The van der Waals surface area contributed by atoms with Crippen molar-refractivity contribution in [3.8, 4) is 11.1 Å². The van der Waals surface area contributed by atoms with Gasteiger partial charge in [-0.25, -0.2) is 0 Å². The van der Waals surface area contributed by atoms with E-state index in [4.69, 9.17) is 0 Å². The van der Waals surface area contributed by atoms with Crippen LogP contribution in [0.3, 0.4) is 0 Å². The van der Waals surface area contributed by atoms with E-state index in [1.807, 2.05) is 89.2 Å². The highest BCUT2D eigenvalue weighted by atomic mass is 31.2. The van der Waals surface area contributed by atoms with E-state index in [9.17, 15) is 9.59 Å². The van der Waals surface area contributed by atoms with E-state index in [0.717, 1.165) is 27.8 Å². The number of hydrogen-bond donors (Lipinski definition) is 0. The maximum absolute atomic E-state index is 15.2. The fourth-order valence-electron chi connectivity index (χ4n) is 4.76. The number of hydrogen-bond acceptors (Lipinski definition) is 3. The first-order chi connectivity index (χ1) is 16.7. The third kappa shape index (κ3) is 4.22. The summed E-state index contributed by atoms with van der Waals surface area (Å²) in [5, 5.41) is 0.321. The third-order valence-electron chi connectivity index (χ3n) is 6.80. The molecule has 0 aliphatic rings. The van der Waals surface area contributed by atoms with Gasteiger partial charge in [0.2, 0.25) is 18.2 Å². The van der Waals surface area contributed by atoms with Gasteiger partial charge >= 0.3 is 0 Å². The van der Waals surface area contributed by atoms with Gasteiger partial charge in [0.05, 0.1) is 0 Å². The number of carbonyl (C=O) groups is 2. The Hall–Kier alpha value is -3.55. The molecule has 0 bridgehead atoms. The van der Waals surface area contributed by atoms with Gasteiger partial charge in [-0.1, -0.05) is 84.9 Å². The summed E-state index contributed by atoms with van der Waals surface area (Å²) in [6, 6.07) is 25.5. The lowest BCUT2D eigenvalue weighted by Crippen LogP contribution is -2.25. The van der Waals surface area contributed by atoms with Gasteiger partial charge in [-0.2, -0.15) is 0 Å². The Morgan fingerprint density at radius 1 is 0.600 bits per heavy atom. The summed E-state index contributed by atoms with van der Waals surface area (Å²) in [5.41, 5.74) is 5.05. The Labute approximate surface area is 207 Å². The normalized spacial score (nSPS) is 12.7. The minimum atomic E-state index is -4.30. The Morgan fingerprint density at radius 3 is 1.83 bits per heavy atom. The molecule has 0 aromatic heterocycles. The average molecular weight is 481 g/mol. The molecule has 0 N–H and O–H groups in total. The Bertz CT molecular complexity index is 1490. The molecule has 1 atom stereocenters. The first-order valence-corrected chi connectivity index (χ1v) is 13.4. The zero-order chi connectivity index (χ0) is 25.3. The molecule has 0 saturated heterocycles. The molecule has 4 aromatic rings. The van der Waals surface area contributed by atoms with Crippen LogP contribution in [0.2, 0.25) is 0 Å². The maximum atomic E-state index is 15.2. The molecule has 4 rings (SSSR count). The fourth-order valence-corrected chi connectivity index (χ4v) is 7.63. The Morgan fingerprint density at radius 2 is 1.20 bits per heavy atom. The van der Waals surface area contributed by atoms with Gasteiger partial charge in [-0.3, -0.25) is 9.59 Å². The topological polar surface area (TPSA) is 51.2 Å². The second kappa shape index (κ2) is 9.60. The molecule has 3 nitrogen and oxygen atoms in total. The van der Waals surface area contributed by atoms with Crippen LogP contribution in [0.4, 0.5) is 0 Å². The van der Waals surface area contributed by atoms with Crippen LogP contribution in [-0.4, -0.2) is 11.0 Å². The molecule has 0 radical (unpaired) electrons. The van der Waals surface area contributed by atoms with Crippen LogP contribution in [0.1, 0.15) is 48.5 Å². The molecule has 176 valence electrons. The summed E-state index contributed by atoms with van der Waals surface area (Å²) >= 11 is 0. The zero-order valence-corrected chi connectivity index (χ0v) is 21.6. The molecule has 0 heterocycles. The first kappa shape index (κ1) is 24.6. The van der Waals surface area contributed by atoms with Crippen LogP contribution >= 0.6 is 7.14 Å². The minimum absolute atomic E-state index is 0.269. The van der Waals surface area contributed by atoms with E-state index in [1.54, 1.807) is 30.3 Å². The van der Waals surface area contributed by atoms with Crippen molar-refractivity contribution in [2.24, 2.45) is 0 Å². The average Bonchev–Trinajstić information content (AvgIpc) is 2.87. The molecular formula is C31H29O3P. The van der Waals surface area contributed by atoms with Crippen molar-refractivity contribution < 1.29 is 14.2 Å². The summed E-state index contributed by atoms with van der Waals surface area (Å²) in [7, 11) is -4.30. The van der Waals surface area contributed by atoms with Gasteiger partial charge in [0.25, 0.3) is 0 Å². The number of rotatable bonds is 6. The van der Waals surface area contributed by atoms with Gasteiger partial charge in [0.15, 0.2) is 0 Å². The highest BCUT2D eigenvalue weighted by molar-refractivity contribution is 8.01. The van der Waals surface area contributed by atoms with E-state index in [1.165, 1.54) is 0 Å². The highest BCUT2D eigenvalue weighted by Crippen LogP contribution is 2.54. The smallest absolute Gasteiger partial charge is 0.249 e. The number of benzene rings is 4. The van der Waals surface area contributed by atoms with Crippen molar-refractivity contribution in [2.75, 3.05) is 0 Å². The number of aryl methyl sites for hydroxylation is 3. The van der Waals surface area contributed by atoms with Crippen LogP contribution in [0, 0.1) is 34.6 Å². The SMILES string of the molecule is Cc1cc(C)c(C(=O)P(=O)(C(=O)c2ccccc2)c2c(C)cccc2-c2ccccc2)c(C)c1C. The van der Waals surface area contributed by atoms with Crippen molar-refractivity contribution in [3.63, 3.8) is 0 Å². The molecule has 0 fully saturated rings. The number of carbonyl (C=O) groups excluding carboxylic acids is 2. The van der Waals surface area contributed by atoms with Crippen LogP contribution in [-0.2, 0) is 4.57 Å². The van der Waals surface area contributed by atoms with E-state index >= 15 is 4.57 Å². The first-order valence-electron chi connectivity index (χ1n) is 11.7. The van der Waals surface area contributed by atoms with Gasteiger partial charge in [0, 0.05) is 16.4 Å². The lowest BCUT2D eigenvalue weighted by atomic mass is 9.95. The lowest BCUT2D eigenvalue weighted by Gasteiger charge is -2.24. The van der Waals surface area contributed by atoms with E-state index in [-0.39, 0.29) is 5.56 Å². The van der Waals surface area contributed by atoms with E-state index < -0.39 is 18.2 Å². The molecule has 0 amide bonds. The molecule has 0 aliphatic heterocycles. The largest absolute Gasteiger partial charge is 0.302 e. The van der Waals surface area contributed by atoms with Crippen LogP contribution in [0.15, 0.2) is 84.9 Å². The Kier molecular flexibility index (Phi) is 6.74. The van der Waals surface area contributed by atoms with Crippen molar-refractivity contribution >= 4 is 23.5 Å². The highest BCUT2D eigenvalue weighted by Gasteiger charge is 2.46. The second-order valence-corrected chi connectivity index (χ2v) is 11.5. The summed E-state index contributed by atoms with van der Waals surface area (Å²) in [6.07, 6.45) is 0. The molecule has 0 saturated carbocycles. The summed E-state index contributed by atoms with van der Waals surface area (Å²) in [4.78, 5) is 28.5. The van der Waals surface area contributed by atoms with Crippen molar-refractivity contribution in [3.05, 3.63) is 124 Å². The van der Waals surface area contributed by atoms with Gasteiger partial charge < -0.3 is 4.57 Å². The van der Waals surface area contributed by atoms with Crippen LogP contribution < -0.4 is 5.30 Å². The van der Waals surface area contributed by atoms with E-state index in [2.05, 4.69) is 0 Å². The predicted molar refractivity (Wildman–Crippen MR) is 144 cm³/mol. The van der Waals surface area contributed by atoms with Crippen molar-refractivity contribution in [2.45, 2.75) is 34.6 Å². The molecule has 4 heteroatoms. The Balaban J connectivity index is 2.09. The summed E-state index contributed by atoms with van der Waals surface area (Å²) in [6.45, 7) is 9.48. The fraction of sp³-hybridized carbons (Fsp3) is 0.161. The molecular weight excluding hydrogens is 451 g/mol. The van der Waals surface area contributed by atoms with Crippen molar-refractivity contribution in [1.82, 2.24) is 0 Å². The van der Waals surface area contributed by atoms with Gasteiger partial charge in [0.1, 0.15) is 0 Å². The lowest BCUT2D eigenvalue weighted by molar-refractivity contribution is 0.104. The van der Waals surface area contributed by atoms with E-state index in [0.29, 0.717) is 22.0 Å². The monoisotopic (exact) mass is 480 g/mol. The van der Waals surface area contributed by atoms with Crippen LogP contribution in [0.5, 0.6) is 0 Å². The predicted octanol–water partition coefficient (Wildman–Crippen LogP) is 7.56. The molecule has 4 aromatic carbocycles. The maximum Gasteiger partial charge on any atom is 0.249 e. The quantitative estimate of drug-likeness (QED) is 0.268. The molecule has 0 spiro atoms. The summed E-state index contributed by atoms with van der Waals surface area (Å²) < 4.78 is 15.2. The van der Waals surface area contributed by atoms with Crippen molar-refractivity contribution in [1.29, 1.82) is 0 Å². The van der Waals surface area contributed by atoms with Crippen LogP contribution in [0.25, 0.3) is 11.1 Å². The van der Waals surface area contributed by atoms with Gasteiger partial charge in [-0.05, 0) is 73.6 Å². The second-order valence-electron chi connectivity index (χ2n) is 9.06. The molecule has 35 heavy (non-hydrogen) atoms.